The van der Waals surface area contributed by atoms with Gasteiger partial charge in [0.25, 0.3) is 11.6 Å². The van der Waals surface area contributed by atoms with Crippen molar-refractivity contribution in [3.8, 4) is 0 Å². The number of nitro groups is 1. The first kappa shape index (κ1) is 15.9. The minimum Gasteiger partial charge on any atom is -0.380 e. The van der Waals surface area contributed by atoms with Crippen molar-refractivity contribution in [1.82, 2.24) is 4.90 Å². The standard InChI is InChI=1S/C12H18N4O4/c1-3-20-8-7-15(2)12(17)9-5-4-6-10(16(18)19)11(9)14-13/h4-6,14H,3,7-8,13H2,1-2H3. The second kappa shape index (κ2) is 7.41. The number of nitrogens with zero attached hydrogens (tertiary/aromatic N) is 2. The first-order chi connectivity index (χ1) is 9.52. The summed E-state index contributed by atoms with van der Waals surface area (Å²) in [4.78, 5) is 24.0. The minimum atomic E-state index is -0.591. The number of carbonyl (C=O) groups is 1. The third-order valence-corrected chi connectivity index (χ3v) is 2.74. The van der Waals surface area contributed by atoms with E-state index >= 15 is 0 Å². The van der Waals surface area contributed by atoms with Gasteiger partial charge in [-0.25, -0.2) is 0 Å². The van der Waals surface area contributed by atoms with Crippen LogP contribution in [-0.4, -0.2) is 42.5 Å². The number of para-hydroxylation sites is 1. The number of nitrogens with one attached hydrogen (secondary N) is 1. The number of hydrogen-bond donors (Lipinski definition) is 2. The Bertz CT molecular complexity index is 492. The molecular formula is C12H18N4O4. The second-order valence-corrected chi connectivity index (χ2v) is 4.02. The van der Waals surface area contributed by atoms with Crippen LogP contribution in [0.5, 0.6) is 0 Å². The normalized spacial score (nSPS) is 10.2. The van der Waals surface area contributed by atoms with E-state index in [0.29, 0.717) is 19.8 Å². The lowest BCUT2D eigenvalue weighted by molar-refractivity contribution is -0.384. The Kier molecular flexibility index (Phi) is 5.88. The van der Waals surface area contributed by atoms with Gasteiger partial charge < -0.3 is 15.1 Å². The molecule has 1 aromatic carbocycles. The van der Waals surface area contributed by atoms with E-state index in [2.05, 4.69) is 5.43 Å². The molecule has 8 heteroatoms. The maximum absolute atomic E-state index is 12.2. The van der Waals surface area contributed by atoms with Crippen LogP contribution in [0.15, 0.2) is 18.2 Å². The predicted molar refractivity (Wildman–Crippen MR) is 74.4 cm³/mol. The molecule has 0 saturated heterocycles. The molecule has 3 N–H and O–H groups in total. The largest absolute Gasteiger partial charge is 0.380 e. The van der Waals surface area contributed by atoms with Crippen molar-refractivity contribution >= 4 is 17.3 Å². The fourth-order valence-corrected chi connectivity index (χ4v) is 1.68. The Morgan fingerprint density at radius 1 is 1.55 bits per heavy atom. The first-order valence-corrected chi connectivity index (χ1v) is 6.10. The molecule has 0 fully saturated rings. The van der Waals surface area contributed by atoms with E-state index < -0.39 is 4.92 Å². The summed E-state index contributed by atoms with van der Waals surface area (Å²) in [5.41, 5.74) is 2.15. The number of nitro benzene ring substituents is 1. The van der Waals surface area contributed by atoms with Crippen molar-refractivity contribution in [2.24, 2.45) is 5.84 Å². The number of hydrogen-bond acceptors (Lipinski definition) is 6. The smallest absolute Gasteiger partial charge is 0.294 e. The summed E-state index contributed by atoms with van der Waals surface area (Å²) < 4.78 is 5.17. The molecule has 0 bridgehead atoms. The van der Waals surface area contributed by atoms with Crippen LogP contribution in [0.2, 0.25) is 0 Å². The number of amides is 1. The molecule has 0 atom stereocenters. The van der Waals surface area contributed by atoms with Gasteiger partial charge in [0.05, 0.1) is 17.1 Å². The number of benzene rings is 1. The minimum absolute atomic E-state index is 0.00533. The highest BCUT2D eigenvalue weighted by Gasteiger charge is 2.22. The van der Waals surface area contributed by atoms with E-state index in [1.165, 1.54) is 23.1 Å². The summed E-state index contributed by atoms with van der Waals surface area (Å²) in [5, 5.41) is 10.9. The van der Waals surface area contributed by atoms with Crippen LogP contribution in [0.25, 0.3) is 0 Å². The summed E-state index contributed by atoms with van der Waals surface area (Å²) >= 11 is 0. The van der Waals surface area contributed by atoms with E-state index in [1.807, 2.05) is 6.92 Å². The van der Waals surface area contributed by atoms with E-state index in [-0.39, 0.29) is 22.8 Å². The number of ether oxygens (including phenoxy) is 1. The molecule has 0 saturated carbocycles. The molecule has 1 aromatic rings. The highest BCUT2D eigenvalue weighted by molar-refractivity contribution is 6.01. The van der Waals surface area contributed by atoms with E-state index in [4.69, 9.17) is 10.6 Å². The van der Waals surface area contributed by atoms with Crippen molar-refractivity contribution in [1.29, 1.82) is 0 Å². The third-order valence-electron chi connectivity index (χ3n) is 2.74. The predicted octanol–water partition coefficient (Wildman–Crippen LogP) is 0.989. The number of rotatable bonds is 7. The maximum Gasteiger partial charge on any atom is 0.294 e. The van der Waals surface area contributed by atoms with Gasteiger partial charge in [-0.15, -0.1) is 0 Å². The molecule has 0 aromatic heterocycles. The molecule has 1 rings (SSSR count). The molecule has 8 nitrogen and oxygen atoms in total. The van der Waals surface area contributed by atoms with E-state index in [1.54, 1.807) is 7.05 Å². The summed E-state index contributed by atoms with van der Waals surface area (Å²) in [5.74, 6) is 4.94. The van der Waals surface area contributed by atoms with Crippen LogP contribution >= 0.6 is 0 Å². The van der Waals surface area contributed by atoms with Crippen LogP contribution < -0.4 is 11.3 Å². The molecule has 0 heterocycles. The lowest BCUT2D eigenvalue weighted by atomic mass is 10.1. The zero-order valence-corrected chi connectivity index (χ0v) is 11.5. The molecular weight excluding hydrogens is 264 g/mol. The van der Waals surface area contributed by atoms with Gasteiger partial charge in [0.2, 0.25) is 0 Å². The molecule has 0 aliphatic heterocycles. The Hall–Kier alpha value is -2.19. The fraction of sp³-hybridized carbons (Fsp3) is 0.417. The number of nitrogens with two attached hydrogens (primary N) is 1. The molecule has 0 radical (unpaired) electrons. The van der Waals surface area contributed by atoms with Crippen molar-refractivity contribution < 1.29 is 14.5 Å². The highest BCUT2D eigenvalue weighted by Crippen LogP contribution is 2.28. The number of nitrogen functional groups attached to an aromatic ring is 1. The Labute approximate surface area is 116 Å². The lowest BCUT2D eigenvalue weighted by Crippen LogP contribution is -2.31. The zero-order chi connectivity index (χ0) is 15.1. The van der Waals surface area contributed by atoms with Gasteiger partial charge in [-0.3, -0.25) is 20.8 Å². The van der Waals surface area contributed by atoms with Gasteiger partial charge in [-0.1, -0.05) is 6.07 Å². The number of hydrazine groups is 1. The van der Waals surface area contributed by atoms with E-state index in [0.717, 1.165) is 0 Å². The van der Waals surface area contributed by atoms with Crippen LogP contribution in [-0.2, 0) is 4.74 Å². The third kappa shape index (κ3) is 3.65. The Morgan fingerprint density at radius 3 is 2.80 bits per heavy atom. The number of anilines is 1. The molecule has 20 heavy (non-hydrogen) atoms. The molecule has 1 amide bonds. The maximum atomic E-state index is 12.2. The zero-order valence-electron chi connectivity index (χ0n) is 11.5. The van der Waals surface area contributed by atoms with Gasteiger partial charge in [0.1, 0.15) is 5.69 Å². The van der Waals surface area contributed by atoms with Crippen LogP contribution in [0.4, 0.5) is 11.4 Å². The topological polar surface area (TPSA) is 111 Å². The molecule has 0 spiro atoms. The fourth-order valence-electron chi connectivity index (χ4n) is 1.68. The van der Waals surface area contributed by atoms with E-state index in [9.17, 15) is 14.9 Å². The summed E-state index contributed by atoms with van der Waals surface area (Å²) in [6.45, 7) is 3.21. The number of likely N-dealkylation sites (N-methyl/N-ethyl adjacent to an activating group) is 1. The summed E-state index contributed by atoms with van der Waals surface area (Å²) in [6, 6.07) is 4.22. The van der Waals surface area contributed by atoms with Crippen LogP contribution in [0.3, 0.4) is 0 Å². The van der Waals surface area contributed by atoms with Crippen molar-refractivity contribution in [3.05, 3.63) is 33.9 Å². The average molecular weight is 282 g/mol. The molecule has 110 valence electrons. The van der Waals surface area contributed by atoms with Gasteiger partial charge in [-0.2, -0.15) is 0 Å². The van der Waals surface area contributed by atoms with Crippen molar-refractivity contribution in [2.45, 2.75) is 6.92 Å². The van der Waals surface area contributed by atoms with Gasteiger partial charge in [-0.05, 0) is 13.0 Å². The Balaban J connectivity index is 2.97. The summed E-state index contributed by atoms with van der Waals surface area (Å²) in [6.07, 6.45) is 0. The van der Waals surface area contributed by atoms with Gasteiger partial charge >= 0.3 is 0 Å². The average Bonchev–Trinajstić information content (AvgIpc) is 2.45. The molecule has 0 aliphatic carbocycles. The Morgan fingerprint density at radius 2 is 2.25 bits per heavy atom. The first-order valence-electron chi connectivity index (χ1n) is 6.10. The molecule has 0 unspecified atom stereocenters. The number of carbonyl (C=O) groups excluding carboxylic acids is 1. The highest BCUT2D eigenvalue weighted by atomic mass is 16.6. The van der Waals surface area contributed by atoms with Gasteiger partial charge in [0.15, 0.2) is 0 Å². The molecule has 0 aliphatic rings. The summed E-state index contributed by atoms with van der Waals surface area (Å²) in [7, 11) is 1.60. The lowest BCUT2D eigenvalue weighted by Gasteiger charge is -2.18. The SMILES string of the molecule is CCOCCN(C)C(=O)c1cccc([N+](=O)[O-])c1NN. The quantitative estimate of drug-likeness (QED) is 0.334. The van der Waals surface area contributed by atoms with Gasteiger partial charge in [0, 0.05) is 26.3 Å². The van der Waals surface area contributed by atoms with Crippen molar-refractivity contribution in [2.75, 3.05) is 32.2 Å². The monoisotopic (exact) mass is 282 g/mol. The van der Waals surface area contributed by atoms with Crippen LogP contribution in [0, 0.1) is 10.1 Å². The van der Waals surface area contributed by atoms with Crippen molar-refractivity contribution in [3.63, 3.8) is 0 Å². The second-order valence-electron chi connectivity index (χ2n) is 4.02. The van der Waals surface area contributed by atoms with Crippen LogP contribution in [0.1, 0.15) is 17.3 Å².